The molecule has 4 nitrogen and oxygen atoms in total. The van der Waals surface area contributed by atoms with E-state index >= 15 is 0 Å². The summed E-state index contributed by atoms with van der Waals surface area (Å²) in [7, 11) is 0. The van der Waals surface area contributed by atoms with Crippen molar-refractivity contribution in [2.45, 2.75) is 71.3 Å². The van der Waals surface area contributed by atoms with E-state index in [2.05, 4.69) is 12.2 Å². The molecule has 0 radical (unpaired) electrons. The number of hydrogen-bond donors (Lipinski definition) is 1. The number of likely N-dealkylation sites (N-methyl/N-ethyl adjacent to an activating group) is 1. The molecule has 1 rings (SSSR count). The van der Waals surface area contributed by atoms with Crippen LogP contribution in [0.3, 0.4) is 0 Å². The molecule has 0 spiro atoms. The normalized spacial score (nSPS) is 21.2. The van der Waals surface area contributed by atoms with Crippen molar-refractivity contribution in [1.29, 1.82) is 0 Å². The molecule has 1 saturated heterocycles. The van der Waals surface area contributed by atoms with E-state index in [0.717, 1.165) is 26.0 Å². The van der Waals surface area contributed by atoms with Crippen LogP contribution in [-0.4, -0.2) is 44.8 Å². The average Bonchev–Trinajstić information content (AvgIpc) is 2.91. The van der Waals surface area contributed by atoms with Crippen molar-refractivity contribution in [3.63, 3.8) is 0 Å². The Labute approximate surface area is 118 Å². The Hall–Kier alpha value is -0.160. The van der Waals surface area contributed by atoms with Crippen LogP contribution in [-0.2, 0) is 14.2 Å². The molecule has 1 aliphatic heterocycles. The lowest BCUT2D eigenvalue weighted by molar-refractivity contribution is -0.155. The van der Waals surface area contributed by atoms with E-state index in [1.807, 2.05) is 13.8 Å². The lowest BCUT2D eigenvalue weighted by Crippen LogP contribution is -2.43. The molecule has 0 bridgehead atoms. The Bertz CT molecular complexity index is 202. The fourth-order valence-electron chi connectivity index (χ4n) is 2.64. The van der Waals surface area contributed by atoms with Gasteiger partial charge in [0.1, 0.15) is 0 Å². The van der Waals surface area contributed by atoms with Gasteiger partial charge in [-0.3, -0.25) is 0 Å². The molecule has 1 N–H and O–H groups in total. The van der Waals surface area contributed by atoms with Gasteiger partial charge in [-0.25, -0.2) is 0 Å². The lowest BCUT2D eigenvalue weighted by Gasteiger charge is -2.27. The molecule has 0 aromatic rings. The van der Waals surface area contributed by atoms with Crippen molar-refractivity contribution in [2.75, 3.05) is 26.4 Å². The molecule has 0 aromatic heterocycles. The van der Waals surface area contributed by atoms with E-state index in [1.54, 1.807) is 0 Å². The van der Waals surface area contributed by atoms with Gasteiger partial charge in [0.25, 0.3) is 0 Å². The van der Waals surface area contributed by atoms with Gasteiger partial charge in [0.15, 0.2) is 6.29 Å². The Balaban J connectivity index is 2.31. The molecular formula is C15H31NO3. The Morgan fingerprint density at radius 2 is 1.95 bits per heavy atom. The zero-order chi connectivity index (χ0) is 13.9. The topological polar surface area (TPSA) is 39.7 Å². The van der Waals surface area contributed by atoms with Crippen LogP contribution < -0.4 is 5.32 Å². The summed E-state index contributed by atoms with van der Waals surface area (Å²) in [5, 5.41) is 3.49. The summed E-state index contributed by atoms with van der Waals surface area (Å²) in [5.41, 5.74) is 0. The Kier molecular flexibility index (Phi) is 9.43. The van der Waals surface area contributed by atoms with Crippen LogP contribution in [0.4, 0.5) is 0 Å². The number of nitrogens with one attached hydrogen (secondary N) is 1. The number of rotatable bonds is 11. The fraction of sp³-hybridized carbons (Fsp3) is 1.00. The highest BCUT2D eigenvalue weighted by Gasteiger charge is 2.22. The lowest BCUT2D eigenvalue weighted by atomic mass is 10.0. The van der Waals surface area contributed by atoms with E-state index in [1.165, 1.54) is 19.3 Å². The van der Waals surface area contributed by atoms with E-state index in [4.69, 9.17) is 14.2 Å². The van der Waals surface area contributed by atoms with Gasteiger partial charge >= 0.3 is 0 Å². The predicted octanol–water partition coefficient (Wildman–Crippen LogP) is 2.71. The summed E-state index contributed by atoms with van der Waals surface area (Å²) in [5.74, 6) is 0. The highest BCUT2D eigenvalue weighted by atomic mass is 16.7. The largest absolute Gasteiger partial charge is 0.378 e. The highest BCUT2D eigenvalue weighted by molar-refractivity contribution is 4.73. The third-order valence-electron chi connectivity index (χ3n) is 3.52. The van der Waals surface area contributed by atoms with Gasteiger partial charge in [-0.05, 0) is 52.5 Å². The molecule has 19 heavy (non-hydrogen) atoms. The third kappa shape index (κ3) is 6.70. The minimum Gasteiger partial charge on any atom is -0.378 e. The molecule has 1 fully saturated rings. The second-order valence-corrected chi connectivity index (χ2v) is 5.01. The quantitative estimate of drug-likeness (QED) is 0.588. The smallest absolute Gasteiger partial charge is 0.172 e. The van der Waals surface area contributed by atoms with Crippen LogP contribution in [0.1, 0.15) is 52.9 Å². The SMILES string of the molecule is CCNC(CCCC1CCCO1)C(OCC)OCC. The maximum absolute atomic E-state index is 5.70. The first-order valence-corrected chi connectivity index (χ1v) is 7.89. The number of hydrogen-bond acceptors (Lipinski definition) is 4. The molecular weight excluding hydrogens is 242 g/mol. The summed E-state index contributed by atoms with van der Waals surface area (Å²) < 4.78 is 17.1. The van der Waals surface area contributed by atoms with E-state index in [9.17, 15) is 0 Å². The van der Waals surface area contributed by atoms with Crippen LogP contribution in [0, 0.1) is 0 Å². The Morgan fingerprint density at radius 1 is 1.21 bits per heavy atom. The number of ether oxygens (including phenoxy) is 3. The standard InChI is InChI=1S/C15H31NO3/c1-4-16-14(15(17-5-2)18-6-3)11-7-9-13-10-8-12-19-13/h13-16H,4-12H2,1-3H3. The molecule has 2 atom stereocenters. The van der Waals surface area contributed by atoms with Crippen LogP contribution >= 0.6 is 0 Å². The van der Waals surface area contributed by atoms with E-state index < -0.39 is 0 Å². The van der Waals surface area contributed by atoms with Gasteiger partial charge in [0.05, 0.1) is 12.1 Å². The minimum absolute atomic E-state index is 0.126. The van der Waals surface area contributed by atoms with Crippen LogP contribution in [0.15, 0.2) is 0 Å². The summed E-state index contributed by atoms with van der Waals surface area (Å²) in [6.45, 7) is 9.43. The highest BCUT2D eigenvalue weighted by Crippen LogP contribution is 2.19. The zero-order valence-corrected chi connectivity index (χ0v) is 12.8. The molecule has 2 unspecified atom stereocenters. The Morgan fingerprint density at radius 3 is 2.47 bits per heavy atom. The van der Waals surface area contributed by atoms with Gasteiger partial charge in [0.2, 0.25) is 0 Å². The molecule has 0 saturated carbocycles. The summed E-state index contributed by atoms with van der Waals surface area (Å²) in [4.78, 5) is 0. The molecule has 0 amide bonds. The van der Waals surface area contributed by atoms with E-state index in [-0.39, 0.29) is 12.3 Å². The molecule has 114 valence electrons. The fourth-order valence-corrected chi connectivity index (χ4v) is 2.64. The maximum Gasteiger partial charge on any atom is 0.172 e. The van der Waals surface area contributed by atoms with Crippen molar-refractivity contribution >= 4 is 0 Å². The summed E-state index contributed by atoms with van der Waals surface area (Å²) in [6, 6.07) is 0.284. The molecule has 1 heterocycles. The zero-order valence-electron chi connectivity index (χ0n) is 12.8. The van der Waals surface area contributed by atoms with Crippen LogP contribution in [0.5, 0.6) is 0 Å². The van der Waals surface area contributed by atoms with Gasteiger partial charge in [-0.1, -0.05) is 6.92 Å². The first kappa shape index (κ1) is 16.9. The molecule has 1 aliphatic rings. The van der Waals surface area contributed by atoms with E-state index in [0.29, 0.717) is 19.3 Å². The van der Waals surface area contributed by atoms with Crippen molar-refractivity contribution < 1.29 is 14.2 Å². The van der Waals surface area contributed by atoms with Gasteiger partial charge < -0.3 is 19.5 Å². The van der Waals surface area contributed by atoms with Gasteiger partial charge in [0, 0.05) is 19.8 Å². The first-order chi connectivity index (χ1) is 9.31. The third-order valence-corrected chi connectivity index (χ3v) is 3.52. The van der Waals surface area contributed by atoms with Crippen LogP contribution in [0.2, 0.25) is 0 Å². The minimum atomic E-state index is -0.126. The van der Waals surface area contributed by atoms with Crippen molar-refractivity contribution in [2.24, 2.45) is 0 Å². The monoisotopic (exact) mass is 273 g/mol. The second-order valence-electron chi connectivity index (χ2n) is 5.01. The van der Waals surface area contributed by atoms with Crippen LogP contribution in [0.25, 0.3) is 0 Å². The first-order valence-electron chi connectivity index (χ1n) is 7.89. The molecule has 0 aromatic carbocycles. The molecule has 0 aliphatic carbocycles. The average molecular weight is 273 g/mol. The van der Waals surface area contributed by atoms with Gasteiger partial charge in [-0.2, -0.15) is 0 Å². The van der Waals surface area contributed by atoms with Crippen molar-refractivity contribution in [1.82, 2.24) is 5.32 Å². The predicted molar refractivity (Wildman–Crippen MR) is 77.3 cm³/mol. The van der Waals surface area contributed by atoms with Crippen molar-refractivity contribution in [3.05, 3.63) is 0 Å². The summed E-state index contributed by atoms with van der Waals surface area (Å²) in [6.07, 6.45) is 6.22. The second kappa shape index (κ2) is 10.6. The maximum atomic E-state index is 5.70. The molecule has 4 heteroatoms. The summed E-state index contributed by atoms with van der Waals surface area (Å²) >= 11 is 0. The van der Waals surface area contributed by atoms with Crippen molar-refractivity contribution in [3.8, 4) is 0 Å². The van der Waals surface area contributed by atoms with Gasteiger partial charge in [-0.15, -0.1) is 0 Å².